The zero-order valence-corrected chi connectivity index (χ0v) is 9.96. The minimum absolute atomic E-state index is 0.229. The molecular weight excluding hydrogens is 246 g/mol. The summed E-state index contributed by atoms with van der Waals surface area (Å²) in [5, 5.41) is 0. The summed E-state index contributed by atoms with van der Waals surface area (Å²) in [5.41, 5.74) is 1.27. The molecule has 0 spiro atoms. The monoisotopic (exact) mass is 257 g/mol. The number of nitrogens with zero attached hydrogens (tertiary/aromatic N) is 1. The van der Waals surface area contributed by atoms with E-state index in [1.807, 2.05) is 19.9 Å². The number of ether oxygens (including phenoxy) is 1. The van der Waals surface area contributed by atoms with Crippen molar-refractivity contribution in [3.05, 3.63) is 28.0 Å². The topological polar surface area (TPSA) is 39.2 Å². The first-order chi connectivity index (χ1) is 6.57. The maximum atomic E-state index is 11.4. The first-order valence-corrected chi connectivity index (χ1v) is 5.10. The Balaban J connectivity index is 3.28. The van der Waals surface area contributed by atoms with Gasteiger partial charge in [0.25, 0.3) is 0 Å². The molecule has 76 valence electrons. The third kappa shape index (κ3) is 2.12. The lowest BCUT2D eigenvalue weighted by atomic mass is 10.0. The molecule has 0 amide bonds. The van der Waals surface area contributed by atoms with E-state index in [1.54, 1.807) is 6.20 Å². The van der Waals surface area contributed by atoms with E-state index < -0.39 is 5.97 Å². The number of methoxy groups -OCH3 is 1. The third-order valence-corrected chi connectivity index (χ3v) is 2.58. The molecule has 3 nitrogen and oxygen atoms in total. The van der Waals surface area contributed by atoms with Crippen LogP contribution in [0, 0.1) is 0 Å². The Kier molecular flexibility index (Phi) is 3.63. The molecule has 1 heterocycles. The van der Waals surface area contributed by atoms with Crippen molar-refractivity contribution in [2.45, 2.75) is 19.8 Å². The molecule has 0 aliphatic carbocycles. The van der Waals surface area contributed by atoms with Crippen LogP contribution < -0.4 is 0 Å². The fourth-order valence-electron chi connectivity index (χ4n) is 1.26. The standard InChI is InChI=1S/C10H12BrNO2/c1-6(2)8-7(11)4-5-12-9(8)10(13)14-3/h4-6H,1-3H3. The molecule has 0 aromatic carbocycles. The lowest BCUT2D eigenvalue weighted by Gasteiger charge is -2.11. The molecule has 0 N–H and O–H groups in total. The molecule has 1 aromatic heterocycles. The van der Waals surface area contributed by atoms with Crippen molar-refractivity contribution < 1.29 is 9.53 Å². The number of halogens is 1. The van der Waals surface area contributed by atoms with Crippen molar-refractivity contribution >= 4 is 21.9 Å². The average molecular weight is 258 g/mol. The number of pyridine rings is 1. The molecule has 0 aliphatic heterocycles. The van der Waals surface area contributed by atoms with Crippen molar-refractivity contribution in [3.8, 4) is 0 Å². The number of esters is 1. The zero-order chi connectivity index (χ0) is 10.7. The Bertz CT molecular complexity index is 350. The van der Waals surface area contributed by atoms with Gasteiger partial charge >= 0.3 is 5.97 Å². The van der Waals surface area contributed by atoms with Gasteiger partial charge < -0.3 is 4.74 Å². The lowest BCUT2D eigenvalue weighted by Crippen LogP contribution is -2.10. The van der Waals surface area contributed by atoms with Crippen molar-refractivity contribution in [3.63, 3.8) is 0 Å². The van der Waals surface area contributed by atoms with Gasteiger partial charge in [0, 0.05) is 16.2 Å². The highest BCUT2D eigenvalue weighted by molar-refractivity contribution is 9.10. The van der Waals surface area contributed by atoms with Gasteiger partial charge in [-0.15, -0.1) is 0 Å². The maximum Gasteiger partial charge on any atom is 0.356 e. The van der Waals surface area contributed by atoms with Gasteiger partial charge in [0.15, 0.2) is 5.69 Å². The summed E-state index contributed by atoms with van der Waals surface area (Å²) >= 11 is 3.40. The van der Waals surface area contributed by atoms with Gasteiger partial charge in [0.1, 0.15) is 0 Å². The molecular formula is C10H12BrNO2. The van der Waals surface area contributed by atoms with Crippen molar-refractivity contribution in [2.75, 3.05) is 7.11 Å². The summed E-state index contributed by atoms with van der Waals surface area (Å²) in [6.07, 6.45) is 1.59. The summed E-state index contributed by atoms with van der Waals surface area (Å²) in [6.45, 7) is 4.02. The van der Waals surface area contributed by atoms with Gasteiger partial charge in [-0.1, -0.05) is 29.8 Å². The Hall–Kier alpha value is -0.900. The van der Waals surface area contributed by atoms with Crippen molar-refractivity contribution in [2.24, 2.45) is 0 Å². The van der Waals surface area contributed by atoms with Gasteiger partial charge in [-0.25, -0.2) is 9.78 Å². The van der Waals surface area contributed by atoms with Gasteiger partial charge in [-0.3, -0.25) is 0 Å². The molecule has 0 fully saturated rings. The van der Waals surface area contributed by atoms with E-state index in [1.165, 1.54) is 7.11 Å². The molecule has 14 heavy (non-hydrogen) atoms. The second-order valence-electron chi connectivity index (χ2n) is 3.20. The van der Waals surface area contributed by atoms with Crippen LogP contribution in [0.2, 0.25) is 0 Å². The van der Waals surface area contributed by atoms with Crippen LogP contribution in [-0.2, 0) is 4.74 Å². The summed E-state index contributed by atoms with van der Waals surface area (Å²) in [5.74, 6) is -0.165. The second-order valence-corrected chi connectivity index (χ2v) is 4.06. The average Bonchev–Trinajstić information content (AvgIpc) is 2.15. The van der Waals surface area contributed by atoms with Gasteiger partial charge in [0.2, 0.25) is 0 Å². The number of hydrogen-bond donors (Lipinski definition) is 0. The van der Waals surface area contributed by atoms with Crippen LogP contribution in [0.3, 0.4) is 0 Å². The highest BCUT2D eigenvalue weighted by Gasteiger charge is 2.18. The fraction of sp³-hybridized carbons (Fsp3) is 0.400. The summed E-state index contributed by atoms with van der Waals surface area (Å²) in [4.78, 5) is 15.4. The molecule has 0 bridgehead atoms. The minimum Gasteiger partial charge on any atom is -0.464 e. The molecule has 0 unspecified atom stereocenters. The van der Waals surface area contributed by atoms with Gasteiger partial charge in [-0.05, 0) is 12.0 Å². The number of rotatable bonds is 2. The van der Waals surface area contributed by atoms with Crippen LogP contribution in [0.15, 0.2) is 16.7 Å². The Labute approximate surface area is 91.6 Å². The van der Waals surface area contributed by atoms with Crippen LogP contribution in [0.4, 0.5) is 0 Å². The van der Waals surface area contributed by atoms with Gasteiger partial charge in [-0.2, -0.15) is 0 Å². The second kappa shape index (κ2) is 4.55. The quantitative estimate of drug-likeness (QED) is 0.765. The Morgan fingerprint density at radius 3 is 2.71 bits per heavy atom. The summed E-state index contributed by atoms with van der Waals surface area (Å²) < 4.78 is 5.55. The molecule has 0 atom stereocenters. The number of hydrogen-bond acceptors (Lipinski definition) is 3. The van der Waals surface area contributed by atoms with E-state index in [2.05, 4.69) is 25.7 Å². The molecule has 1 aromatic rings. The van der Waals surface area contributed by atoms with Gasteiger partial charge in [0.05, 0.1) is 7.11 Å². The first-order valence-electron chi connectivity index (χ1n) is 4.30. The predicted molar refractivity (Wildman–Crippen MR) is 57.4 cm³/mol. The number of aromatic nitrogens is 1. The fourth-order valence-corrected chi connectivity index (χ4v) is 2.02. The Morgan fingerprint density at radius 1 is 1.57 bits per heavy atom. The SMILES string of the molecule is COC(=O)c1nccc(Br)c1C(C)C. The maximum absolute atomic E-state index is 11.4. The van der Waals surface area contributed by atoms with Crippen LogP contribution in [0.5, 0.6) is 0 Å². The summed E-state index contributed by atoms with van der Waals surface area (Å²) in [7, 11) is 1.36. The smallest absolute Gasteiger partial charge is 0.356 e. The van der Waals surface area contributed by atoms with Crippen LogP contribution in [0.1, 0.15) is 35.8 Å². The van der Waals surface area contributed by atoms with Crippen LogP contribution in [-0.4, -0.2) is 18.1 Å². The van der Waals surface area contributed by atoms with E-state index >= 15 is 0 Å². The largest absolute Gasteiger partial charge is 0.464 e. The first kappa shape index (κ1) is 11.2. The third-order valence-electron chi connectivity index (χ3n) is 1.89. The molecule has 0 radical (unpaired) electrons. The summed E-state index contributed by atoms with van der Waals surface area (Å²) in [6, 6.07) is 1.82. The lowest BCUT2D eigenvalue weighted by molar-refractivity contribution is 0.0592. The van der Waals surface area contributed by atoms with Crippen molar-refractivity contribution in [1.82, 2.24) is 4.98 Å². The van der Waals surface area contributed by atoms with Crippen LogP contribution in [0.25, 0.3) is 0 Å². The highest BCUT2D eigenvalue weighted by Crippen LogP contribution is 2.26. The zero-order valence-electron chi connectivity index (χ0n) is 8.37. The van der Waals surface area contributed by atoms with E-state index in [0.29, 0.717) is 5.69 Å². The molecule has 4 heteroatoms. The van der Waals surface area contributed by atoms with Crippen LogP contribution >= 0.6 is 15.9 Å². The van der Waals surface area contributed by atoms with E-state index in [-0.39, 0.29) is 5.92 Å². The molecule has 1 rings (SSSR count). The van der Waals surface area contributed by atoms with E-state index in [0.717, 1.165) is 10.0 Å². The number of carbonyl (C=O) groups excluding carboxylic acids is 1. The van der Waals surface area contributed by atoms with E-state index in [4.69, 9.17) is 0 Å². The van der Waals surface area contributed by atoms with Crippen molar-refractivity contribution in [1.29, 1.82) is 0 Å². The van der Waals surface area contributed by atoms with E-state index in [9.17, 15) is 4.79 Å². The molecule has 0 saturated heterocycles. The normalized spacial score (nSPS) is 10.4. The Morgan fingerprint density at radius 2 is 2.21 bits per heavy atom. The molecule has 0 aliphatic rings. The number of carbonyl (C=O) groups is 1. The predicted octanol–water partition coefficient (Wildman–Crippen LogP) is 2.75. The minimum atomic E-state index is -0.394. The highest BCUT2D eigenvalue weighted by atomic mass is 79.9. The molecule has 0 saturated carbocycles.